The Hall–Kier alpha value is -2.53. The molecule has 0 atom stereocenters. The Kier molecular flexibility index (Phi) is 2.40. The van der Waals surface area contributed by atoms with Crippen LogP contribution >= 0.6 is 11.3 Å². The van der Waals surface area contributed by atoms with Gasteiger partial charge in [0.05, 0.1) is 32.7 Å². The molecule has 1 aromatic carbocycles. The second-order valence-corrected chi connectivity index (χ2v) is 5.31. The molecule has 4 rings (SSSR count). The van der Waals surface area contributed by atoms with Crippen LogP contribution in [0.15, 0.2) is 42.0 Å². The monoisotopic (exact) mass is 279 g/mol. The van der Waals surface area contributed by atoms with E-state index >= 15 is 0 Å². The van der Waals surface area contributed by atoms with Gasteiger partial charge in [-0.1, -0.05) is 6.07 Å². The quantitative estimate of drug-likeness (QED) is 0.696. The predicted octanol–water partition coefficient (Wildman–Crippen LogP) is 3.18. The lowest BCUT2D eigenvalue weighted by molar-refractivity contribution is -0.110. The van der Waals surface area contributed by atoms with Gasteiger partial charge in [-0.05, 0) is 30.3 Å². The SMILES string of the molecule is O=C1Nc2ccc3ncsc3c2/C1=C/c1ccccn1. The smallest absolute Gasteiger partial charge is 0.256 e. The van der Waals surface area contributed by atoms with Crippen LogP contribution in [-0.2, 0) is 4.79 Å². The zero-order chi connectivity index (χ0) is 13.5. The van der Waals surface area contributed by atoms with Crippen LogP contribution in [-0.4, -0.2) is 15.9 Å². The normalized spacial score (nSPS) is 15.6. The Labute approximate surface area is 118 Å². The molecule has 1 amide bonds. The van der Waals surface area contributed by atoms with E-state index in [-0.39, 0.29) is 5.91 Å². The maximum atomic E-state index is 12.2. The number of nitrogens with one attached hydrogen (secondary N) is 1. The van der Waals surface area contributed by atoms with Crippen LogP contribution in [0.4, 0.5) is 5.69 Å². The number of hydrogen-bond donors (Lipinski definition) is 1. The van der Waals surface area contributed by atoms with Crippen molar-refractivity contribution in [3.63, 3.8) is 0 Å². The fourth-order valence-electron chi connectivity index (χ4n) is 2.35. The van der Waals surface area contributed by atoms with Gasteiger partial charge in [0.2, 0.25) is 0 Å². The molecule has 4 nitrogen and oxygen atoms in total. The van der Waals surface area contributed by atoms with E-state index in [0.717, 1.165) is 27.2 Å². The molecule has 0 saturated carbocycles. The molecule has 20 heavy (non-hydrogen) atoms. The van der Waals surface area contributed by atoms with Crippen molar-refractivity contribution in [1.82, 2.24) is 9.97 Å². The van der Waals surface area contributed by atoms with Crippen molar-refractivity contribution in [3.8, 4) is 0 Å². The molecular formula is C15H9N3OS. The average Bonchev–Trinajstić information content (AvgIpc) is 3.05. The van der Waals surface area contributed by atoms with E-state index in [0.29, 0.717) is 5.57 Å². The summed E-state index contributed by atoms with van der Waals surface area (Å²) in [4.78, 5) is 20.7. The van der Waals surface area contributed by atoms with Crippen LogP contribution in [0.3, 0.4) is 0 Å². The van der Waals surface area contributed by atoms with Crippen molar-refractivity contribution in [2.75, 3.05) is 5.32 Å². The molecule has 3 heterocycles. The summed E-state index contributed by atoms with van der Waals surface area (Å²) in [5.74, 6) is -0.0912. The number of aromatic nitrogens is 2. The first-order valence-electron chi connectivity index (χ1n) is 6.13. The zero-order valence-corrected chi connectivity index (χ0v) is 11.1. The lowest BCUT2D eigenvalue weighted by Crippen LogP contribution is -2.03. The van der Waals surface area contributed by atoms with Gasteiger partial charge in [-0.2, -0.15) is 0 Å². The Morgan fingerprint density at radius 1 is 1.15 bits per heavy atom. The number of hydrogen-bond acceptors (Lipinski definition) is 4. The number of carbonyl (C=O) groups excluding carboxylic acids is 1. The number of benzene rings is 1. The molecule has 0 saturated heterocycles. The van der Waals surface area contributed by atoms with E-state index in [4.69, 9.17) is 0 Å². The summed E-state index contributed by atoms with van der Waals surface area (Å²) in [6.45, 7) is 0. The predicted molar refractivity (Wildman–Crippen MR) is 80.4 cm³/mol. The molecule has 3 aromatic rings. The minimum atomic E-state index is -0.0912. The summed E-state index contributed by atoms with van der Waals surface area (Å²) >= 11 is 1.54. The summed E-state index contributed by atoms with van der Waals surface area (Å²) in [7, 11) is 0. The highest BCUT2D eigenvalue weighted by molar-refractivity contribution is 7.17. The Morgan fingerprint density at radius 3 is 2.95 bits per heavy atom. The fourth-order valence-corrected chi connectivity index (χ4v) is 3.20. The standard InChI is InChI=1S/C15H9N3OS/c19-15-10(7-9-3-1-2-6-16-9)13-11(18-15)4-5-12-14(13)20-8-17-12/h1-8H,(H,18,19)/b10-7-. The molecule has 0 spiro atoms. The number of anilines is 1. The second kappa shape index (κ2) is 4.25. The summed E-state index contributed by atoms with van der Waals surface area (Å²) < 4.78 is 1.03. The van der Waals surface area contributed by atoms with Crippen molar-refractivity contribution in [2.24, 2.45) is 0 Å². The Balaban J connectivity index is 1.97. The Morgan fingerprint density at radius 2 is 2.10 bits per heavy atom. The summed E-state index contributed by atoms with van der Waals surface area (Å²) in [6.07, 6.45) is 3.54. The third-order valence-corrected chi connectivity index (χ3v) is 4.10. The molecule has 96 valence electrons. The lowest BCUT2D eigenvalue weighted by Gasteiger charge is -1.99. The highest BCUT2D eigenvalue weighted by Crippen LogP contribution is 2.39. The first-order valence-corrected chi connectivity index (χ1v) is 7.01. The molecule has 0 aliphatic carbocycles. The molecule has 0 fully saturated rings. The van der Waals surface area contributed by atoms with Crippen molar-refractivity contribution in [3.05, 3.63) is 53.3 Å². The van der Waals surface area contributed by atoms with Gasteiger partial charge >= 0.3 is 0 Å². The number of pyridine rings is 1. The van der Waals surface area contributed by atoms with Gasteiger partial charge in [-0.15, -0.1) is 11.3 Å². The fraction of sp³-hybridized carbons (Fsp3) is 0. The molecule has 2 aromatic heterocycles. The van der Waals surface area contributed by atoms with Gasteiger partial charge in [0.15, 0.2) is 0 Å². The number of carbonyl (C=O) groups is 1. The number of amides is 1. The third-order valence-electron chi connectivity index (χ3n) is 3.24. The van der Waals surface area contributed by atoms with Crippen molar-refractivity contribution < 1.29 is 4.79 Å². The zero-order valence-electron chi connectivity index (χ0n) is 10.3. The number of nitrogens with zero attached hydrogens (tertiary/aromatic N) is 2. The van der Waals surface area contributed by atoms with Gasteiger partial charge in [0.1, 0.15) is 0 Å². The second-order valence-electron chi connectivity index (χ2n) is 4.46. The summed E-state index contributed by atoms with van der Waals surface area (Å²) in [5.41, 5.74) is 5.90. The highest BCUT2D eigenvalue weighted by atomic mass is 32.1. The molecule has 0 unspecified atom stereocenters. The topological polar surface area (TPSA) is 54.9 Å². The van der Waals surface area contributed by atoms with E-state index in [2.05, 4.69) is 15.3 Å². The van der Waals surface area contributed by atoms with Gasteiger partial charge in [0.25, 0.3) is 5.91 Å². The van der Waals surface area contributed by atoms with E-state index in [1.807, 2.05) is 36.4 Å². The van der Waals surface area contributed by atoms with Crippen LogP contribution in [0.2, 0.25) is 0 Å². The summed E-state index contributed by atoms with van der Waals surface area (Å²) in [6, 6.07) is 9.46. The minimum Gasteiger partial charge on any atom is -0.321 e. The van der Waals surface area contributed by atoms with E-state index in [1.54, 1.807) is 23.0 Å². The van der Waals surface area contributed by atoms with Gasteiger partial charge in [-0.25, -0.2) is 4.98 Å². The van der Waals surface area contributed by atoms with Crippen molar-refractivity contribution in [2.45, 2.75) is 0 Å². The molecule has 1 aliphatic heterocycles. The van der Waals surface area contributed by atoms with Crippen LogP contribution < -0.4 is 5.32 Å². The average molecular weight is 279 g/mol. The van der Waals surface area contributed by atoms with Crippen molar-refractivity contribution >= 4 is 44.8 Å². The van der Waals surface area contributed by atoms with E-state index in [1.165, 1.54) is 0 Å². The van der Waals surface area contributed by atoms with Crippen LogP contribution in [0.1, 0.15) is 11.3 Å². The van der Waals surface area contributed by atoms with E-state index in [9.17, 15) is 4.79 Å². The minimum absolute atomic E-state index is 0.0912. The highest BCUT2D eigenvalue weighted by Gasteiger charge is 2.27. The van der Waals surface area contributed by atoms with Gasteiger partial charge in [-0.3, -0.25) is 9.78 Å². The maximum absolute atomic E-state index is 12.2. The Bertz CT molecular complexity index is 852. The van der Waals surface area contributed by atoms with Crippen molar-refractivity contribution in [1.29, 1.82) is 0 Å². The molecule has 1 N–H and O–H groups in total. The number of thiazole rings is 1. The lowest BCUT2D eigenvalue weighted by atomic mass is 10.1. The molecule has 0 radical (unpaired) electrons. The molecular weight excluding hydrogens is 270 g/mol. The molecule has 1 aliphatic rings. The number of rotatable bonds is 1. The van der Waals surface area contributed by atoms with Crippen LogP contribution in [0.5, 0.6) is 0 Å². The van der Waals surface area contributed by atoms with Crippen LogP contribution in [0.25, 0.3) is 21.9 Å². The van der Waals surface area contributed by atoms with Gasteiger partial charge < -0.3 is 5.32 Å². The third kappa shape index (κ3) is 1.64. The van der Waals surface area contributed by atoms with Crippen LogP contribution in [0, 0.1) is 0 Å². The molecule has 5 heteroatoms. The first kappa shape index (κ1) is 11.3. The number of fused-ring (bicyclic) bond motifs is 3. The largest absolute Gasteiger partial charge is 0.321 e. The first-order chi connectivity index (χ1) is 9.83. The van der Waals surface area contributed by atoms with Gasteiger partial charge in [0, 0.05) is 11.8 Å². The van der Waals surface area contributed by atoms with E-state index < -0.39 is 0 Å². The maximum Gasteiger partial charge on any atom is 0.256 e. The molecule has 0 bridgehead atoms. The summed E-state index contributed by atoms with van der Waals surface area (Å²) in [5, 5.41) is 2.89.